The third-order valence-corrected chi connectivity index (χ3v) is 3.60. The van der Waals surface area contributed by atoms with Crippen molar-refractivity contribution in [2.24, 2.45) is 5.92 Å². The van der Waals surface area contributed by atoms with Gasteiger partial charge >= 0.3 is 5.97 Å². The van der Waals surface area contributed by atoms with Gasteiger partial charge in [-0.25, -0.2) is 4.79 Å². The zero-order chi connectivity index (χ0) is 16.5. The average molecular weight is 307 g/mol. The molecule has 0 fully saturated rings. The van der Waals surface area contributed by atoms with Crippen LogP contribution in [0.3, 0.4) is 0 Å². The molecule has 2 unspecified atom stereocenters. The Hall–Kier alpha value is -2.04. The highest BCUT2D eigenvalue weighted by Gasteiger charge is 2.24. The number of hydrogen-bond acceptors (Lipinski definition) is 3. The zero-order valence-corrected chi connectivity index (χ0v) is 13.5. The van der Waals surface area contributed by atoms with Crippen molar-refractivity contribution in [3.63, 3.8) is 0 Å². The van der Waals surface area contributed by atoms with Gasteiger partial charge in [0.05, 0.1) is 6.61 Å². The van der Waals surface area contributed by atoms with Gasteiger partial charge in [-0.2, -0.15) is 0 Å². The van der Waals surface area contributed by atoms with Crippen LogP contribution < -0.4 is 10.1 Å². The van der Waals surface area contributed by atoms with Crippen molar-refractivity contribution in [2.75, 3.05) is 6.61 Å². The Morgan fingerprint density at radius 1 is 1.36 bits per heavy atom. The molecular formula is C17H25NO4. The quantitative estimate of drug-likeness (QED) is 0.688. The minimum atomic E-state index is -0.987. The maximum Gasteiger partial charge on any atom is 0.326 e. The SMILES string of the molecule is CCC(C)C(NC(=O)CCCOc1cccc(C)c1)C(=O)O. The van der Waals surface area contributed by atoms with Crippen LogP contribution in [0.1, 0.15) is 38.7 Å². The maximum atomic E-state index is 11.8. The number of carboxylic acid groups (broad SMARTS) is 1. The summed E-state index contributed by atoms with van der Waals surface area (Å²) < 4.78 is 5.56. The number of nitrogens with one attached hydrogen (secondary N) is 1. The lowest BCUT2D eigenvalue weighted by atomic mass is 9.99. The highest BCUT2D eigenvalue weighted by molar-refractivity contribution is 5.83. The van der Waals surface area contributed by atoms with Gasteiger partial charge in [0.2, 0.25) is 5.91 Å². The normalized spacial score (nSPS) is 13.2. The van der Waals surface area contributed by atoms with Gasteiger partial charge in [0.25, 0.3) is 0 Å². The number of aliphatic carboxylic acids is 1. The summed E-state index contributed by atoms with van der Waals surface area (Å²) in [6.45, 7) is 6.14. The Morgan fingerprint density at radius 3 is 2.68 bits per heavy atom. The summed E-state index contributed by atoms with van der Waals surface area (Å²) >= 11 is 0. The number of amides is 1. The van der Waals surface area contributed by atoms with Gasteiger partial charge in [0.1, 0.15) is 11.8 Å². The van der Waals surface area contributed by atoms with Gasteiger partial charge in [-0.15, -0.1) is 0 Å². The molecule has 2 atom stereocenters. The Balaban J connectivity index is 2.32. The minimum absolute atomic E-state index is 0.0926. The standard InChI is InChI=1S/C17H25NO4/c1-4-13(3)16(17(20)21)18-15(19)9-6-10-22-14-8-5-7-12(2)11-14/h5,7-8,11,13,16H,4,6,9-10H2,1-3H3,(H,18,19)(H,20,21). The number of hydrogen-bond donors (Lipinski definition) is 2. The topological polar surface area (TPSA) is 75.6 Å². The Labute approximate surface area is 131 Å². The molecule has 0 saturated carbocycles. The number of ether oxygens (including phenoxy) is 1. The summed E-state index contributed by atoms with van der Waals surface area (Å²) in [5, 5.41) is 11.7. The summed E-state index contributed by atoms with van der Waals surface area (Å²) in [5.41, 5.74) is 1.12. The van der Waals surface area contributed by atoms with E-state index >= 15 is 0 Å². The van der Waals surface area contributed by atoms with Crippen LogP contribution in [0.25, 0.3) is 0 Å². The van der Waals surface area contributed by atoms with Gasteiger partial charge < -0.3 is 15.2 Å². The second-order valence-electron chi connectivity index (χ2n) is 5.54. The van der Waals surface area contributed by atoms with E-state index in [1.807, 2.05) is 45.0 Å². The molecular weight excluding hydrogens is 282 g/mol. The summed E-state index contributed by atoms with van der Waals surface area (Å²) in [4.78, 5) is 23.0. The van der Waals surface area contributed by atoms with Crippen molar-refractivity contribution < 1.29 is 19.4 Å². The van der Waals surface area contributed by atoms with Gasteiger partial charge in [0.15, 0.2) is 0 Å². The second-order valence-corrected chi connectivity index (χ2v) is 5.54. The molecule has 1 aromatic carbocycles. The smallest absolute Gasteiger partial charge is 0.326 e. The van der Waals surface area contributed by atoms with Crippen molar-refractivity contribution >= 4 is 11.9 Å². The summed E-state index contributed by atoms with van der Waals surface area (Å²) in [6.07, 6.45) is 1.51. The third-order valence-electron chi connectivity index (χ3n) is 3.60. The highest BCUT2D eigenvalue weighted by Crippen LogP contribution is 2.13. The van der Waals surface area contributed by atoms with E-state index in [-0.39, 0.29) is 18.2 Å². The number of carbonyl (C=O) groups is 2. The fourth-order valence-electron chi connectivity index (χ4n) is 2.06. The van der Waals surface area contributed by atoms with E-state index in [9.17, 15) is 9.59 Å². The summed E-state index contributed by atoms with van der Waals surface area (Å²) in [5.74, 6) is -0.548. The van der Waals surface area contributed by atoms with Gasteiger partial charge in [-0.05, 0) is 37.0 Å². The van der Waals surface area contributed by atoms with Crippen LogP contribution in [-0.4, -0.2) is 29.6 Å². The predicted molar refractivity (Wildman–Crippen MR) is 84.9 cm³/mol. The Bertz CT molecular complexity index is 501. The van der Waals surface area contributed by atoms with Crippen molar-refractivity contribution in [3.8, 4) is 5.75 Å². The molecule has 0 heterocycles. The molecule has 0 bridgehead atoms. The van der Waals surface area contributed by atoms with E-state index < -0.39 is 12.0 Å². The zero-order valence-electron chi connectivity index (χ0n) is 13.5. The number of aryl methyl sites for hydroxylation is 1. The van der Waals surface area contributed by atoms with Gasteiger partial charge in [-0.3, -0.25) is 4.79 Å². The largest absolute Gasteiger partial charge is 0.494 e. The molecule has 0 saturated heterocycles. The molecule has 0 aliphatic carbocycles. The lowest BCUT2D eigenvalue weighted by Gasteiger charge is -2.20. The molecule has 1 amide bonds. The maximum absolute atomic E-state index is 11.8. The predicted octanol–water partition coefficient (Wildman–Crippen LogP) is 2.77. The molecule has 122 valence electrons. The first kappa shape index (κ1) is 18.0. The van der Waals surface area contributed by atoms with E-state index in [1.54, 1.807) is 0 Å². The van der Waals surface area contributed by atoms with Crippen LogP contribution in [-0.2, 0) is 9.59 Å². The van der Waals surface area contributed by atoms with Gasteiger partial charge in [0, 0.05) is 6.42 Å². The van der Waals surface area contributed by atoms with Crippen LogP contribution in [0.15, 0.2) is 24.3 Å². The number of carboxylic acids is 1. The van der Waals surface area contributed by atoms with E-state index in [0.717, 1.165) is 11.3 Å². The fourth-order valence-corrected chi connectivity index (χ4v) is 2.06. The lowest BCUT2D eigenvalue weighted by molar-refractivity contribution is -0.143. The van der Waals surface area contributed by atoms with Crippen LogP contribution >= 0.6 is 0 Å². The van der Waals surface area contributed by atoms with E-state index in [2.05, 4.69) is 5.32 Å². The second kappa shape index (κ2) is 9.07. The van der Waals surface area contributed by atoms with Crippen molar-refractivity contribution in [3.05, 3.63) is 29.8 Å². The Morgan fingerprint density at radius 2 is 2.09 bits per heavy atom. The Kier molecular flexibility index (Phi) is 7.43. The highest BCUT2D eigenvalue weighted by atomic mass is 16.5. The van der Waals surface area contributed by atoms with Crippen molar-refractivity contribution in [1.82, 2.24) is 5.32 Å². The van der Waals surface area contributed by atoms with Crippen LogP contribution in [0.4, 0.5) is 0 Å². The average Bonchev–Trinajstić information content (AvgIpc) is 2.48. The monoisotopic (exact) mass is 307 g/mol. The van der Waals surface area contributed by atoms with Crippen LogP contribution in [0.2, 0.25) is 0 Å². The van der Waals surface area contributed by atoms with E-state index in [4.69, 9.17) is 9.84 Å². The molecule has 0 aromatic heterocycles. The minimum Gasteiger partial charge on any atom is -0.494 e. The first-order chi connectivity index (χ1) is 10.4. The summed E-state index contributed by atoms with van der Waals surface area (Å²) in [6, 6.07) is 6.89. The molecule has 22 heavy (non-hydrogen) atoms. The van der Waals surface area contributed by atoms with E-state index in [0.29, 0.717) is 19.4 Å². The molecule has 5 heteroatoms. The lowest BCUT2D eigenvalue weighted by Crippen LogP contribution is -2.45. The van der Waals surface area contributed by atoms with Crippen molar-refractivity contribution in [2.45, 2.75) is 46.1 Å². The number of rotatable bonds is 9. The fraction of sp³-hybridized carbons (Fsp3) is 0.529. The molecule has 2 N–H and O–H groups in total. The third kappa shape index (κ3) is 6.16. The van der Waals surface area contributed by atoms with E-state index in [1.165, 1.54) is 0 Å². The van der Waals surface area contributed by atoms with Crippen LogP contribution in [0.5, 0.6) is 5.75 Å². The first-order valence-electron chi connectivity index (χ1n) is 7.65. The molecule has 0 spiro atoms. The molecule has 0 radical (unpaired) electrons. The molecule has 1 rings (SSSR count). The molecule has 0 aliphatic rings. The number of carbonyl (C=O) groups excluding carboxylic acids is 1. The summed E-state index contributed by atoms with van der Waals surface area (Å²) in [7, 11) is 0. The molecule has 0 aliphatic heterocycles. The van der Waals surface area contributed by atoms with Crippen molar-refractivity contribution in [1.29, 1.82) is 0 Å². The number of benzene rings is 1. The molecule has 1 aromatic rings. The molecule has 5 nitrogen and oxygen atoms in total. The first-order valence-corrected chi connectivity index (χ1v) is 7.65. The van der Waals surface area contributed by atoms with Gasteiger partial charge in [-0.1, -0.05) is 32.4 Å². The van der Waals surface area contributed by atoms with Crippen LogP contribution in [0, 0.1) is 12.8 Å².